The van der Waals surface area contributed by atoms with Crippen LogP contribution in [0, 0.1) is 17.3 Å². The number of hydrogen-bond acceptors (Lipinski definition) is 5. The lowest BCUT2D eigenvalue weighted by atomic mass is 9.71. The van der Waals surface area contributed by atoms with E-state index in [4.69, 9.17) is 14.3 Å². The first kappa shape index (κ1) is 38.3. The van der Waals surface area contributed by atoms with Crippen LogP contribution in [0.1, 0.15) is 128 Å². The van der Waals surface area contributed by atoms with Crippen molar-refractivity contribution < 1.29 is 29.0 Å². The van der Waals surface area contributed by atoms with Gasteiger partial charge in [0.1, 0.15) is 6.10 Å². The van der Waals surface area contributed by atoms with Crippen LogP contribution < -0.4 is 0 Å². The van der Waals surface area contributed by atoms with E-state index in [1.165, 1.54) is 32.1 Å². The molecule has 48 heavy (non-hydrogen) atoms. The lowest BCUT2D eigenvalue weighted by molar-refractivity contribution is -0.137. The number of aliphatic hydroxyl groups is 1. The Morgan fingerprint density at radius 2 is 1.54 bits per heavy atom. The number of benzene rings is 2. The van der Waals surface area contributed by atoms with Crippen LogP contribution in [0.2, 0.25) is 18.1 Å². The monoisotopic (exact) mass is 678 g/mol. The highest BCUT2D eigenvalue weighted by atomic mass is 28.4. The summed E-state index contributed by atoms with van der Waals surface area (Å²) in [7, 11) is -2.00. The topological polar surface area (TPSA) is 93.1 Å². The number of aliphatic carboxylic acids is 1. The molecule has 4 rings (SSSR count). The van der Waals surface area contributed by atoms with Crippen LogP contribution in [0.3, 0.4) is 0 Å². The number of ether oxygens (including phenoxy) is 1. The van der Waals surface area contributed by atoms with Crippen molar-refractivity contribution in [3.8, 4) is 11.1 Å². The molecule has 2 aliphatic rings. The summed E-state index contributed by atoms with van der Waals surface area (Å²) in [5, 5.41) is 20.8. The minimum Gasteiger partial charge on any atom is -0.481 e. The summed E-state index contributed by atoms with van der Waals surface area (Å²) in [6, 6.07) is 17.7. The molecule has 0 radical (unpaired) electrons. The Labute approximate surface area is 291 Å². The zero-order chi connectivity index (χ0) is 35.0. The molecule has 0 heterocycles. The first-order valence-electron chi connectivity index (χ1n) is 18.7. The molecule has 2 saturated carbocycles. The largest absolute Gasteiger partial charge is 0.481 e. The van der Waals surface area contributed by atoms with E-state index in [2.05, 4.69) is 52.9 Å². The van der Waals surface area contributed by atoms with Gasteiger partial charge in [0, 0.05) is 24.4 Å². The van der Waals surface area contributed by atoms with E-state index in [1.807, 2.05) is 42.5 Å². The number of aliphatic hydroxyl groups excluding tert-OH is 1. The molecule has 0 aliphatic heterocycles. The van der Waals surface area contributed by atoms with E-state index in [0.717, 1.165) is 49.7 Å². The van der Waals surface area contributed by atoms with Gasteiger partial charge in [-0.05, 0) is 91.8 Å². The van der Waals surface area contributed by atoms with Gasteiger partial charge in [-0.25, -0.2) is 4.79 Å². The Balaban J connectivity index is 1.50. The number of hydrogen-bond donors (Lipinski definition) is 2. The van der Waals surface area contributed by atoms with Crippen molar-refractivity contribution in [2.75, 3.05) is 0 Å². The molecule has 2 aromatic rings. The van der Waals surface area contributed by atoms with E-state index in [9.17, 15) is 14.7 Å². The second-order valence-corrected chi connectivity index (χ2v) is 21.2. The minimum atomic E-state index is -2.00. The average Bonchev–Trinajstić information content (AvgIpc) is 3.28. The SMILES string of the molecule is CC(C)(C)[Si](C)(C)OC(CC[C@H]1C(O)C[C@H](OC(=O)c2ccc(-c3ccccc3)cc2)[C@]1(C)CCCCCCC(=O)O)C1CCCCC1. The molecule has 266 valence electrons. The zero-order valence-electron chi connectivity index (χ0n) is 30.5. The third-order valence-electron chi connectivity index (χ3n) is 12.0. The lowest BCUT2D eigenvalue weighted by Gasteiger charge is -2.43. The van der Waals surface area contributed by atoms with Crippen molar-refractivity contribution in [3.63, 3.8) is 0 Å². The number of carbonyl (C=O) groups excluding carboxylic acids is 1. The summed E-state index contributed by atoms with van der Waals surface area (Å²) in [5.41, 5.74) is 2.27. The fourth-order valence-electron chi connectivity index (χ4n) is 7.94. The molecular weight excluding hydrogens is 617 g/mol. The fourth-order valence-corrected chi connectivity index (χ4v) is 9.36. The third-order valence-corrected chi connectivity index (χ3v) is 16.5. The molecule has 2 N–H and O–H groups in total. The van der Waals surface area contributed by atoms with Crippen LogP contribution >= 0.6 is 0 Å². The van der Waals surface area contributed by atoms with Crippen LogP contribution in [0.15, 0.2) is 54.6 Å². The van der Waals surface area contributed by atoms with Crippen molar-refractivity contribution in [2.45, 2.75) is 154 Å². The number of unbranched alkanes of at least 4 members (excludes halogenated alkanes) is 3. The lowest BCUT2D eigenvalue weighted by Crippen LogP contribution is -2.46. The van der Waals surface area contributed by atoms with Crippen molar-refractivity contribution in [3.05, 3.63) is 60.2 Å². The third kappa shape index (κ3) is 10.0. The number of rotatable bonds is 16. The predicted molar refractivity (Wildman–Crippen MR) is 197 cm³/mol. The molecule has 2 unspecified atom stereocenters. The van der Waals surface area contributed by atoms with Crippen LogP contribution in [-0.2, 0) is 14.0 Å². The van der Waals surface area contributed by atoms with E-state index in [0.29, 0.717) is 24.3 Å². The molecule has 0 bridgehead atoms. The Hall–Kier alpha value is -2.48. The van der Waals surface area contributed by atoms with Gasteiger partial charge in [0.05, 0.1) is 11.7 Å². The van der Waals surface area contributed by atoms with Crippen molar-refractivity contribution >= 4 is 20.3 Å². The Kier molecular flexibility index (Phi) is 13.5. The van der Waals surface area contributed by atoms with Crippen LogP contribution in [0.4, 0.5) is 0 Å². The molecule has 5 atom stereocenters. The molecule has 0 spiro atoms. The minimum absolute atomic E-state index is 0.0103. The second-order valence-electron chi connectivity index (χ2n) is 16.5. The van der Waals surface area contributed by atoms with Gasteiger partial charge in [-0.15, -0.1) is 0 Å². The average molecular weight is 679 g/mol. The quantitative estimate of drug-likeness (QED) is 0.104. The maximum Gasteiger partial charge on any atom is 0.338 e. The molecule has 0 aromatic heterocycles. The van der Waals surface area contributed by atoms with Gasteiger partial charge in [-0.1, -0.05) is 109 Å². The van der Waals surface area contributed by atoms with E-state index >= 15 is 0 Å². The molecule has 2 aliphatic carbocycles. The second kappa shape index (κ2) is 17.0. The predicted octanol–water partition coefficient (Wildman–Crippen LogP) is 10.4. The van der Waals surface area contributed by atoms with E-state index < -0.39 is 26.5 Å². The highest BCUT2D eigenvalue weighted by Crippen LogP contribution is 2.52. The first-order chi connectivity index (χ1) is 22.7. The summed E-state index contributed by atoms with van der Waals surface area (Å²) >= 11 is 0. The molecule has 2 aromatic carbocycles. The van der Waals surface area contributed by atoms with Gasteiger partial charge >= 0.3 is 11.9 Å². The van der Waals surface area contributed by atoms with Crippen LogP contribution in [0.25, 0.3) is 11.1 Å². The molecule has 6 nitrogen and oxygen atoms in total. The highest BCUT2D eigenvalue weighted by molar-refractivity contribution is 6.74. The molecule has 0 saturated heterocycles. The van der Waals surface area contributed by atoms with Gasteiger partial charge < -0.3 is 19.4 Å². The standard InChI is InChI=1S/C41H62O6Si/c1-40(2,3)48(5,6)47-36(32-19-13-10-14-20-32)27-26-34-35(42)29-37(41(34,4)28-16-8-7-15-21-38(43)44)46-39(45)33-24-22-31(23-25-33)30-17-11-9-12-18-30/h9,11-12,17-18,22-25,32,34-37,42H,7-8,10,13-16,19-21,26-29H2,1-6H3,(H,43,44)/t34-,35?,36?,37-,41+/m0/s1. The van der Waals surface area contributed by atoms with E-state index in [1.54, 1.807) is 0 Å². The summed E-state index contributed by atoms with van der Waals surface area (Å²) in [4.78, 5) is 24.6. The Morgan fingerprint density at radius 3 is 2.17 bits per heavy atom. The Morgan fingerprint density at radius 1 is 0.917 bits per heavy atom. The zero-order valence-corrected chi connectivity index (χ0v) is 31.5. The maximum absolute atomic E-state index is 13.6. The number of carboxylic acids is 1. The van der Waals surface area contributed by atoms with Crippen molar-refractivity contribution in [1.82, 2.24) is 0 Å². The van der Waals surface area contributed by atoms with Gasteiger partial charge in [0.25, 0.3) is 0 Å². The summed E-state index contributed by atoms with van der Waals surface area (Å²) in [5.74, 6) is -0.554. The highest BCUT2D eigenvalue weighted by Gasteiger charge is 2.53. The number of carboxylic acid groups (broad SMARTS) is 1. The number of esters is 1. The molecule has 0 amide bonds. The molecule has 7 heteroatoms. The summed E-state index contributed by atoms with van der Waals surface area (Å²) in [6.45, 7) is 13.8. The Bertz CT molecular complexity index is 1300. The maximum atomic E-state index is 13.6. The fraction of sp³-hybridized carbons (Fsp3) is 0.659. The normalized spacial score (nSPS) is 24.4. The molecule has 2 fully saturated rings. The molecular formula is C41H62O6Si. The van der Waals surface area contributed by atoms with Crippen molar-refractivity contribution in [2.24, 2.45) is 17.3 Å². The number of carbonyl (C=O) groups is 2. The smallest absolute Gasteiger partial charge is 0.338 e. The van der Waals surface area contributed by atoms with Gasteiger partial charge in [0.2, 0.25) is 0 Å². The van der Waals surface area contributed by atoms with Crippen LogP contribution in [0.5, 0.6) is 0 Å². The van der Waals surface area contributed by atoms with Gasteiger partial charge in [-0.3, -0.25) is 4.79 Å². The van der Waals surface area contributed by atoms with Gasteiger partial charge in [-0.2, -0.15) is 0 Å². The first-order valence-corrected chi connectivity index (χ1v) is 21.6. The summed E-state index contributed by atoms with van der Waals surface area (Å²) in [6.07, 6.45) is 12.0. The van der Waals surface area contributed by atoms with Gasteiger partial charge in [0.15, 0.2) is 8.32 Å². The van der Waals surface area contributed by atoms with E-state index in [-0.39, 0.29) is 34.9 Å². The van der Waals surface area contributed by atoms with Crippen molar-refractivity contribution in [1.29, 1.82) is 0 Å². The summed E-state index contributed by atoms with van der Waals surface area (Å²) < 4.78 is 13.5. The van der Waals surface area contributed by atoms with Crippen LogP contribution in [-0.4, -0.2) is 48.8 Å².